The lowest BCUT2D eigenvalue weighted by molar-refractivity contribution is -0.137. The van der Waals surface area contributed by atoms with Crippen molar-refractivity contribution in [2.24, 2.45) is 0 Å². The highest BCUT2D eigenvalue weighted by atomic mass is 19.4. The monoisotopic (exact) mass is 403 g/mol. The second-order valence-corrected chi connectivity index (χ2v) is 6.10. The van der Waals surface area contributed by atoms with Crippen LogP contribution >= 0.6 is 0 Å². The maximum absolute atomic E-state index is 12.5. The van der Waals surface area contributed by atoms with Gasteiger partial charge in [0.2, 0.25) is 5.91 Å². The largest absolute Gasteiger partial charge is 0.416 e. The number of rotatable bonds is 6. The van der Waals surface area contributed by atoms with Crippen LogP contribution in [0.2, 0.25) is 0 Å². The molecule has 0 aliphatic rings. The molecule has 6 nitrogen and oxygen atoms in total. The Morgan fingerprint density at radius 3 is 2.31 bits per heavy atom. The van der Waals surface area contributed by atoms with E-state index in [1.807, 2.05) is 18.2 Å². The molecule has 9 heteroatoms. The van der Waals surface area contributed by atoms with Crippen LogP contribution in [0.25, 0.3) is 11.3 Å². The van der Waals surface area contributed by atoms with Crippen LogP contribution < -0.4 is 10.6 Å². The number of aromatic nitrogens is 1. The Balaban J connectivity index is 1.47. The van der Waals surface area contributed by atoms with E-state index in [9.17, 15) is 22.8 Å². The molecule has 0 fully saturated rings. The molecule has 2 amide bonds. The van der Waals surface area contributed by atoms with E-state index in [1.165, 1.54) is 18.2 Å². The molecule has 0 spiro atoms. The SMILES string of the molecule is O=C(CNC(=O)c1cc(-c2ccccc2)on1)NCc1ccc(C(F)(F)F)cc1. The number of alkyl halides is 3. The molecular weight excluding hydrogens is 387 g/mol. The first-order chi connectivity index (χ1) is 13.8. The smallest absolute Gasteiger partial charge is 0.355 e. The summed E-state index contributed by atoms with van der Waals surface area (Å²) in [7, 11) is 0. The highest BCUT2D eigenvalue weighted by Crippen LogP contribution is 2.29. The molecule has 0 radical (unpaired) electrons. The zero-order valence-corrected chi connectivity index (χ0v) is 15.0. The molecule has 0 atom stereocenters. The van der Waals surface area contributed by atoms with Crippen LogP contribution in [-0.4, -0.2) is 23.5 Å². The molecule has 2 N–H and O–H groups in total. The highest BCUT2D eigenvalue weighted by Gasteiger charge is 2.29. The van der Waals surface area contributed by atoms with Crippen LogP contribution in [0.5, 0.6) is 0 Å². The van der Waals surface area contributed by atoms with Gasteiger partial charge in [0.25, 0.3) is 5.91 Å². The summed E-state index contributed by atoms with van der Waals surface area (Å²) in [6, 6.07) is 15.0. The molecular formula is C20H16F3N3O3. The Labute approximate surface area is 163 Å². The Hall–Kier alpha value is -3.62. The second-order valence-electron chi connectivity index (χ2n) is 6.10. The molecule has 2 aromatic carbocycles. The first kappa shape index (κ1) is 20.1. The molecule has 0 unspecified atom stereocenters. The van der Waals surface area contributed by atoms with Gasteiger partial charge in [-0.3, -0.25) is 9.59 Å². The van der Waals surface area contributed by atoms with Gasteiger partial charge >= 0.3 is 6.18 Å². The average molecular weight is 403 g/mol. The standard InChI is InChI=1S/C20H16F3N3O3/c21-20(22,23)15-8-6-13(7-9-15)11-24-18(27)12-25-19(28)16-10-17(29-26-16)14-4-2-1-3-5-14/h1-10H,11-12H2,(H,24,27)(H,25,28). The summed E-state index contributed by atoms with van der Waals surface area (Å²) < 4.78 is 42.7. The molecule has 3 aromatic rings. The van der Waals surface area contributed by atoms with E-state index < -0.39 is 23.6 Å². The molecule has 0 saturated carbocycles. The molecule has 0 bridgehead atoms. The van der Waals surface area contributed by atoms with Crippen molar-refractivity contribution < 1.29 is 27.3 Å². The van der Waals surface area contributed by atoms with Crippen molar-refractivity contribution in [2.75, 3.05) is 6.54 Å². The summed E-state index contributed by atoms with van der Waals surface area (Å²) in [4.78, 5) is 23.9. The number of hydrogen-bond donors (Lipinski definition) is 2. The molecule has 1 heterocycles. The van der Waals surface area contributed by atoms with E-state index >= 15 is 0 Å². The van der Waals surface area contributed by atoms with E-state index in [2.05, 4.69) is 15.8 Å². The second kappa shape index (κ2) is 8.59. The number of halogens is 3. The number of benzene rings is 2. The van der Waals surface area contributed by atoms with Crippen molar-refractivity contribution in [1.29, 1.82) is 0 Å². The normalized spacial score (nSPS) is 11.1. The summed E-state index contributed by atoms with van der Waals surface area (Å²) in [5.74, 6) is -0.659. The molecule has 0 aliphatic carbocycles. The third-order valence-electron chi connectivity index (χ3n) is 3.98. The zero-order valence-electron chi connectivity index (χ0n) is 15.0. The van der Waals surface area contributed by atoms with Crippen molar-refractivity contribution >= 4 is 11.8 Å². The summed E-state index contributed by atoms with van der Waals surface area (Å²) in [5.41, 5.74) is 0.525. The minimum atomic E-state index is -4.41. The van der Waals surface area contributed by atoms with Crippen LogP contribution in [0, 0.1) is 0 Å². The van der Waals surface area contributed by atoms with Gasteiger partial charge in [0, 0.05) is 18.2 Å². The quantitative estimate of drug-likeness (QED) is 0.661. The van der Waals surface area contributed by atoms with Crippen molar-refractivity contribution in [3.63, 3.8) is 0 Å². The molecule has 0 aliphatic heterocycles. The van der Waals surface area contributed by atoms with Crippen LogP contribution in [0.3, 0.4) is 0 Å². The van der Waals surface area contributed by atoms with E-state index in [0.29, 0.717) is 11.3 Å². The number of nitrogens with one attached hydrogen (secondary N) is 2. The van der Waals surface area contributed by atoms with Crippen molar-refractivity contribution in [1.82, 2.24) is 15.8 Å². The van der Waals surface area contributed by atoms with Crippen LogP contribution in [0.15, 0.2) is 65.2 Å². The molecule has 1 aromatic heterocycles. The maximum atomic E-state index is 12.5. The number of nitrogens with zero attached hydrogens (tertiary/aromatic N) is 1. The van der Waals surface area contributed by atoms with Crippen LogP contribution in [0.4, 0.5) is 13.2 Å². The van der Waals surface area contributed by atoms with Crippen molar-refractivity contribution in [3.05, 3.63) is 77.5 Å². The van der Waals surface area contributed by atoms with Gasteiger partial charge in [-0.1, -0.05) is 47.6 Å². The third-order valence-corrected chi connectivity index (χ3v) is 3.98. The van der Waals surface area contributed by atoms with Crippen LogP contribution in [-0.2, 0) is 17.5 Å². The van der Waals surface area contributed by atoms with E-state index in [4.69, 9.17) is 4.52 Å². The van der Waals surface area contributed by atoms with Crippen molar-refractivity contribution in [2.45, 2.75) is 12.7 Å². The topological polar surface area (TPSA) is 84.2 Å². The average Bonchev–Trinajstić information content (AvgIpc) is 3.21. The van der Waals surface area contributed by atoms with Crippen molar-refractivity contribution in [3.8, 4) is 11.3 Å². The van der Waals surface area contributed by atoms with Gasteiger partial charge in [-0.25, -0.2) is 0 Å². The summed E-state index contributed by atoms with van der Waals surface area (Å²) >= 11 is 0. The zero-order chi connectivity index (χ0) is 20.9. The van der Waals surface area contributed by atoms with E-state index in [1.54, 1.807) is 12.1 Å². The molecule has 29 heavy (non-hydrogen) atoms. The minimum absolute atomic E-state index is 0.0272. The summed E-state index contributed by atoms with van der Waals surface area (Å²) in [5, 5.41) is 8.60. The Bertz CT molecular complexity index is 983. The number of hydrogen-bond acceptors (Lipinski definition) is 4. The number of carbonyl (C=O) groups is 2. The maximum Gasteiger partial charge on any atom is 0.416 e. The summed E-state index contributed by atoms with van der Waals surface area (Å²) in [6.45, 7) is -0.276. The molecule has 150 valence electrons. The number of amides is 2. The van der Waals surface area contributed by atoms with Gasteiger partial charge in [-0.2, -0.15) is 13.2 Å². The lowest BCUT2D eigenvalue weighted by Gasteiger charge is -2.09. The Morgan fingerprint density at radius 1 is 0.966 bits per heavy atom. The fraction of sp³-hybridized carbons (Fsp3) is 0.150. The van der Waals surface area contributed by atoms with E-state index in [-0.39, 0.29) is 18.8 Å². The Kier molecular flexibility index (Phi) is 5.96. The number of carbonyl (C=O) groups excluding carboxylic acids is 2. The van der Waals surface area contributed by atoms with Crippen LogP contribution in [0.1, 0.15) is 21.6 Å². The first-order valence-corrected chi connectivity index (χ1v) is 8.56. The van der Waals surface area contributed by atoms with Gasteiger partial charge < -0.3 is 15.2 Å². The predicted molar refractivity (Wildman–Crippen MR) is 97.6 cm³/mol. The minimum Gasteiger partial charge on any atom is -0.355 e. The fourth-order valence-corrected chi connectivity index (χ4v) is 2.45. The van der Waals surface area contributed by atoms with E-state index in [0.717, 1.165) is 17.7 Å². The first-order valence-electron chi connectivity index (χ1n) is 8.56. The lowest BCUT2D eigenvalue weighted by atomic mass is 10.1. The highest BCUT2D eigenvalue weighted by molar-refractivity contribution is 5.95. The predicted octanol–water partition coefficient (Wildman–Crippen LogP) is 3.41. The van der Waals surface area contributed by atoms with Gasteiger partial charge in [0.05, 0.1) is 12.1 Å². The fourth-order valence-electron chi connectivity index (χ4n) is 2.45. The van der Waals surface area contributed by atoms with Gasteiger partial charge in [-0.15, -0.1) is 0 Å². The molecule has 0 saturated heterocycles. The van der Waals surface area contributed by atoms with Gasteiger partial charge in [0.1, 0.15) is 0 Å². The van der Waals surface area contributed by atoms with Gasteiger partial charge in [0.15, 0.2) is 11.5 Å². The Morgan fingerprint density at radius 2 is 1.66 bits per heavy atom. The lowest BCUT2D eigenvalue weighted by Crippen LogP contribution is -2.36. The third kappa shape index (κ3) is 5.44. The molecule has 3 rings (SSSR count). The van der Waals surface area contributed by atoms with Gasteiger partial charge in [-0.05, 0) is 17.7 Å². The summed E-state index contributed by atoms with van der Waals surface area (Å²) in [6.07, 6.45) is -4.41.